The first-order valence-electron chi connectivity index (χ1n) is 10.3. The summed E-state index contributed by atoms with van der Waals surface area (Å²) in [5, 5.41) is 2.05. The standard InChI is InChI=1S/C22H28N2OS/c25-22-19(21-7-4-10-26-21)8-9-20-18-11-17(14-24(20)22)13-23(15-18)12-16-5-2-1-3-6-16/h4,7-10,16-18H,1-3,5-6,11-15H2. The normalized spacial score (nSPS) is 26.6. The van der Waals surface area contributed by atoms with Gasteiger partial charge in [0.1, 0.15) is 0 Å². The predicted molar refractivity (Wildman–Crippen MR) is 108 cm³/mol. The van der Waals surface area contributed by atoms with Gasteiger partial charge in [-0.3, -0.25) is 4.79 Å². The van der Waals surface area contributed by atoms with E-state index in [2.05, 4.69) is 33.0 Å². The molecule has 1 saturated heterocycles. The van der Waals surface area contributed by atoms with Crippen LogP contribution in [0.25, 0.3) is 10.4 Å². The maximum absolute atomic E-state index is 13.1. The summed E-state index contributed by atoms with van der Waals surface area (Å²) in [5.74, 6) is 2.09. The minimum atomic E-state index is 0.223. The Balaban J connectivity index is 1.39. The summed E-state index contributed by atoms with van der Waals surface area (Å²) in [7, 11) is 0. The molecule has 0 aromatic carbocycles. The second kappa shape index (κ2) is 6.97. The van der Waals surface area contributed by atoms with Crippen LogP contribution in [0.5, 0.6) is 0 Å². The first kappa shape index (κ1) is 16.8. The molecule has 2 aliphatic heterocycles. The number of thiophene rings is 1. The summed E-state index contributed by atoms with van der Waals surface area (Å²) in [4.78, 5) is 16.9. The lowest BCUT2D eigenvalue weighted by Gasteiger charge is -2.44. The van der Waals surface area contributed by atoms with Gasteiger partial charge in [-0.15, -0.1) is 11.3 Å². The van der Waals surface area contributed by atoms with Gasteiger partial charge in [-0.2, -0.15) is 0 Å². The summed E-state index contributed by atoms with van der Waals surface area (Å²) in [6.45, 7) is 4.52. The molecule has 2 fully saturated rings. The van der Waals surface area contributed by atoms with Crippen LogP contribution in [0.15, 0.2) is 34.4 Å². The number of aromatic nitrogens is 1. The number of nitrogens with zero attached hydrogens (tertiary/aromatic N) is 2. The number of likely N-dealkylation sites (tertiary alicyclic amines) is 1. The van der Waals surface area contributed by atoms with E-state index in [9.17, 15) is 4.79 Å². The lowest BCUT2D eigenvalue weighted by Crippen LogP contribution is -2.48. The molecule has 0 amide bonds. The molecule has 4 heteroatoms. The number of hydrogen-bond donors (Lipinski definition) is 0. The first-order valence-corrected chi connectivity index (χ1v) is 11.2. The van der Waals surface area contributed by atoms with Gasteiger partial charge in [0, 0.05) is 42.7 Å². The zero-order valence-corrected chi connectivity index (χ0v) is 16.2. The summed E-state index contributed by atoms with van der Waals surface area (Å²) in [5.41, 5.74) is 2.38. The average Bonchev–Trinajstić information content (AvgIpc) is 3.18. The zero-order chi connectivity index (χ0) is 17.5. The molecule has 4 heterocycles. The van der Waals surface area contributed by atoms with Crippen molar-refractivity contribution in [1.82, 2.24) is 9.47 Å². The van der Waals surface area contributed by atoms with Crippen molar-refractivity contribution in [3.8, 4) is 10.4 Å². The van der Waals surface area contributed by atoms with Crippen LogP contribution in [-0.4, -0.2) is 29.1 Å². The van der Waals surface area contributed by atoms with E-state index in [1.807, 2.05) is 6.07 Å². The fourth-order valence-electron chi connectivity index (χ4n) is 5.55. The van der Waals surface area contributed by atoms with E-state index in [1.165, 1.54) is 57.3 Å². The highest BCUT2D eigenvalue weighted by Crippen LogP contribution is 2.37. The fourth-order valence-corrected chi connectivity index (χ4v) is 6.29. The van der Waals surface area contributed by atoms with Gasteiger partial charge in [0.05, 0.1) is 5.56 Å². The molecule has 138 valence electrons. The molecule has 2 aromatic heterocycles. The summed E-state index contributed by atoms with van der Waals surface area (Å²) >= 11 is 1.66. The van der Waals surface area contributed by atoms with Crippen LogP contribution in [-0.2, 0) is 6.54 Å². The van der Waals surface area contributed by atoms with E-state index in [-0.39, 0.29) is 5.56 Å². The Bertz CT molecular complexity index is 819. The van der Waals surface area contributed by atoms with Gasteiger partial charge in [-0.05, 0) is 54.7 Å². The predicted octanol–water partition coefficient (Wildman–Crippen LogP) is 4.58. The van der Waals surface area contributed by atoms with Crippen molar-refractivity contribution in [3.05, 3.63) is 45.7 Å². The van der Waals surface area contributed by atoms with Crippen molar-refractivity contribution in [2.45, 2.75) is 51.0 Å². The van der Waals surface area contributed by atoms with Gasteiger partial charge in [0.2, 0.25) is 0 Å². The molecule has 0 radical (unpaired) electrons. The molecule has 2 bridgehead atoms. The summed E-state index contributed by atoms with van der Waals surface area (Å²) < 4.78 is 2.10. The average molecular weight is 369 g/mol. The molecule has 3 nitrogen and oxygen atoms in total. The van der Waals surface area contributed by atoms with E-state index in [0.717, 1.165) is 29.4 Å². The SMILES string of the molecule is O=c1c(-c2cccs2)ccc2n1CC1CC2CN(CC2CCCCC2)C1. The van der Waals surface area contributed by atoms with Crippen molar-refractivity contribution >= 4 is 11.3 Å². The molecule has 0 N–H and O–H groups in total. The molecular weight excluding hydrogens is 340 g/mol. The van der Waals surface area contributed by atoms with Crippen LogP contribution >= 0.6 is 11.3 Å². The molecule has 5 rings (SSSR count). The largest absolute Gasteiger partial charge is 0.311 e. The minimum absolute atomic E-state index is 0.223. The Morgan fingerprint density at radius 3 is 2.73 bits per heavy atom. The van der Waals surface area contributed by atoms with Crippen LogP contribution in [0.2, 0.25) is 0 Å². The molecule has 2 unspecified atom stereocenters. The van der Waals surface area contributed by atoms with E-state index < -0.39 is 0 Å². The molecule has 26 heavy (non-hydrogen) atoms. The summed E-state index contributed by atoms with van der Waals surface area (Å²) in [6.07, 6.45) is 8.39. The Kier molecular flexibility index (Phi) is 4.49. The molecule has 2 atom stereocenters. The number of rotatable bonds is 3. The van der Waals surface area contributed by atoms with Gasteiger partial charge in [-0.25, -0.2) is 0 Å². The molecular formula is C22H28N2OS. The quantitative estimate of drug-likeness (QED) is 0.792. The van der Waals surface area contributed by atoms with Crippen LogP contribution in [0.4, 0.5) is 0 Å². The molecule has 1 aliphatic carbocycles. The second-order valence-electron chi connectivity index (χ2n) is 8.59. The molecule has 3 aliphatic rings. The van der Waals surface area contributed by atoms with Gasteiger partial charge in [0.15, 0.2) is 0 Å². The van der Waals surface area contributed by atoms with Gasteiger partial charge >= 0.3 is 0 Å². The van der Waals surface area contributed by atoms with Crippen molar-refractivity contribution in [2.75, 3.05) is 19.6 Å². The highest BCUT2D eigenvalue weighted by molar-refractivity contribution is 7.13. The lowest BCUT2D eigenvalue weighted by molar-refractivity contribution is 0.0968. The molecule has 1 saturated carbocycles. The fraction of sp³-hybridized carbons (Fsp3) is 0.591. The monoisotopic (exact) mass is 368 g/mol. The number of hydrogen-bond acceptors (Lipinski definition) is 3. The van der Waals surface area contributed by atoms with Crippen LogP contribution in [0.1, 0.15) is 50.1 Å². The number of fused-ring (bicyclic) bond motifs is 4. The van der Waals surface area contributed by atoms with Gasteiger partial charge < -0.3 is 9.47 Å². The molecule has 0 spiro atoms. The van der Waals surface area contributed by atoms with Crippen molar-refractivity contribution in [3.63, 3.8) is 0 Å². The number of piperidine rings is 1. The summed E-state index contributed by atoms with van der Waals surface area (Å²) in [6, 6.07) is 8.40. The third kappa shape index (κ3) is 3.07. The van der Waals surface area contributed by atoms with Crippen LogP contribution < -0.4 is 5.56 Å². The van der Waals surface area contributed by atoms with Gasteiger partial charge in [-0.1, -0.05) is 25.3 Å². The Hall–Kier alpha value is -1.39. The van der Waals surface area contributed by atoms with Crippen molar-refractivity contribution in [1.29, 1.82) is 0 Å². The highest BCUT2D eigenvalue weighted by atomic mass is 32.1. The topological polar surface area (TPSA) is 25.2 Å². The van der Waals surface area contributed by atoms with Crippen molar-refractivity contribution in [2.24, 2.45) is 11.8 Å². The zero-order valence-electron chi connectivity index (χ0n) is 15.4. The first-order chi connectivity index (χ1) is 12.8. The maximum atomic E-state index is 13.1. The minimum Gasteiger partial charge on any atom is -0.311 e. The highest BCUT2D eigenvalue weighted by Gasteiger charge is 2.35. The number of pyridine rings is 1. The van der Waals surface area contributed by atoms with Crippen molar-refractivity contribution < 1.29 is 0 Å². The maximum Gasteiger partial charge on any atom is 0.259 e. The van der Waals surface area contributed by atoms with E-state index in [0.29, 0.717) is 11.8 Å². The van der Waals surface area contributed by atoms with E-state index >= 15 is 0 Å². The Labute approximate surface area is 159 Å². The lowest BCUT2D eigenvalue weighted by atomic mass is 9.81. The second-order valence-corrected chi connectivity index (χ2v) is 9.53. The third-order valence-corrected chi connectivity index (χ3v) is 7.61. The molecule has 2 aromatic rings. The van der Waals surface area contributed by atoms with E-state index in [1.54, 1.807) is 11.3 Å². The van der Waals surface area contributed by atoms with Crippen LogP contribution in [0, 0.1) is 11.8 Å². The van der Waals surface area contributed by atoms with E-state index in [4.69, 9.17) is 0 Å². The third-order valence-electron chi connectivity index (χ3n) is 6.71. The smallest absolute Gasteiger partial charge is 0.259 e. The Morgan fingerprint density at radius 1 is 1.04 bits per heavy atom. The van der Waals surface area contributed by atoms with Crippen LogP contribution in [0.3, 0.4) is 0 Å². The Morgan fingerprint density at radius 2 is 1.92 bits per heavy atom. The van der Waals surface area contributed by atoms with Gasteiger partial charge in [0.25, 0.3) is 5.56 Å².